The number of nitrogen functional groups attached to an aromatic ring is 1. The van der Waals surface area contributed by atoms with Gasteiger partial charge < -0.3 is 5.73 Å². The summed E-state index contributed by atoms with van der Waals surface area (Å²) in [5.74, 6) is 0.494. The number of fused-ring (bicyclic) bond motifs is 1. The second kappa shape index (κ2) is 4.63. The Morgan fingerprint density at radius 1 is 1.30 bits per heavy atom. The Morgan fingerprint density at radius 2 is 2.05 bits per heavy atom. The van der Waals surface area contributed by atoms with Gasteiger partial charge in [0.1, 0.15) is 5.52 Å². The minimum Gasteiger partial charge on any atom is -0.369 e. The predicted molar refractivity (Wildman–Crippen MR) is 84.1 cm³/mol. The molecule has 0 spiro atoms. The number of halogens is 1. The van der Waals surface area contributed by atoms with Crippen LogP contribution in [0.3, 0.4) is 0 Å². The summed E-state index contributed by atoms with van der Waals surface area (Å²) in [5.41, 5.74) is 11.0. The fourth-order valence-corrected chi connectivity index (χ4v) is 2.99. The van der Waals surface area contributed by atoms with E-state index in [9.17, 15) is 0 Å². The van der Waals surface area contributed by atoms with E-state index in [0.717, 1.165) is 39.1 Å². The lowest BCUT2D eigenvalue weighted by Gasteiger charge is -2.11. The van der Waals surface area contributed by atoms with Gasteiger partial charge in [0.15, 0.2) is 5.65 Å². The van der Waals surface area contributed by atoms with E-state index in [4.69, 9.17) is 5.73 Å². The van der Waals surface area contributed by atoms with E-state index in [1.54, 1.807) is 0 Å². The normalized spacial score (nSPS) is 11.4. The van der Waals surface area contributed by atoms with Crippen LogP contribution >= 0.6 is 15.9 Å². The molecule has 6 heteroatoms. The van der Waals surface area contributed by atoms with Crippen LogP contribution in [0.25, 0.3) is 16.9 Å². The Hall–Kier alpha value is -1.82. The van der Waals surface area contributed by atoms with Crippen molar-refractivity contribution in [3.63, 3.8) is 0 Å². The molecule has 0 aliphatic carbocycles. The molecule has 3 rings (SSSR count). The third kappa shape index (κ3) is 1.83. The van der Waals surface area contributed by atoms with Gasteiger partial charge in [-0.05, 0) is 44.5 Å². The van der Waals surface area contributed by atoms with Gasteiger partial charge in [-0.1, -0.05) is 15.9 Å². The van der Waals surface area contributed by atoms with Crippen LogP contribution in [0.1, 0.15) is 18.2 Å². The number of aromatic nitrogens is 4. The molecule has 2 heterocycles. The van der Waals surface area contributed by atoms with Crippen LogP contribution in [0.15, 0.2) is 22.7 Å². The first-order valence-electron chi connectivity index (χ1n) is 6.50. The molecule has 5 nitrogen and oxygen atoms in total. The molecule has 3 aromatic rings. The van der Waals surface area contributed by atoms with Crippen molar-refractivity contribution in [3.05, 3.63) is 33.9 Å². The molecule has 0 radical (unpaired) electrons. The number of hydrogen-bond acceptors (Lipinski definition) is 3. The van der Waals surface area contributed by atoms with Crippen molar-refractivity contribution in [3.8, 4) is 5.69 Å². The van der Waals surface area contributed by atoms with Crippen LogP contribution in [-0.4, -0.2) is 19.3 Å². The molecule has 2 N–H and O–H groups in total. The topological polar surface area (TPSA) is 61.7 Å². The van der Waals surface area contributed by atoms with E-state index in [0.29, 0.717) is 5.95 Å². The molecule has 20 heavy (non-hydrogen) atoms. The average molecular weight is 334 g/mol. The molecule has 0 aliphatic rings. The molecular formula is C14H16BrN5. The second-order valence-corrected chi connectivity index (χ2v) is 5.73. The first-order valence-corrected chi connectivity index (χ1v) is 7.30. The number of nitrogens with two attached hydrogens (primary N) is 1. The zero-order chi connectivity index (χ0) is 14.4. The largest absolute Gasteiger partial charge is 0.369 e. The van der Waals surface area contributed by atoms with E-state index in [1.165, 1.54) is 0 Å². The Balaban J connectivity index is 2.38. The summed E-state index contributed by atoms with van der Waals surface area (Å²) in [6.07, 6.45) is 0. The summed E-state index contributed by atoms with van der Waals surface area (Å²) in [6, 6.07) is 6.12. The zero-order valence-electron chi connectivity index (χ0n) is 11.7. The van der Waals surface area contributed by atoms with Crippen molar-refractivity contribution < 1.29 is 0 Å². The minimum atomic E-state index is 0.494. The molecule has 0 unspecified atom stereocenters. The van der Waals surface area contributed by atoms with Gasteiger partial charge in [-0.3, -0.25) is 4.57 Å². The Bertz CT molecular complexity index is 800. The monoisotopic (exact) mass is 333 g/mol. The van der Waals surface area contributed by atoms with Gasteiger partial charge in [-0.15, -0.1) is 0 Å². The van der Waals surface area contributed by atoms with E-state index in [1.807, 2.05) is 28.3 Å². The van der Waals surface area contributed by atoms with Crippen molar-refractivity contribution in [2.75, 3.05) is 5.73 Å². The molecule has 104 valence electrons. The maximum Gasteiger partial charge on any atom is 0.207 e. The second-order valence-electron chi connectivity index (χ2n) is 4.81. The predicted octanol–water partition coefficient (Wildman–Crippen LogP) is 3.20. The van der Waals surface area contributed by atoms with Crippen molar-refractivity contribution in [1.82, 2.24) is 19.3 Å². The van der Waals surface area contributed by atoms with Gasteiger partial charge in [0.05, 0.1) is 11.4 Å². The molecule has 0 bridgehead atoms. The van der Waals surface area contributed by atoms with Crippen LogP contribution in [0.5, 0.6) is 0 Å². The quantitative estimate of drug-likeness (QED) is 0.783. The van der Waals surface area contributed by atoms with Gasteiger partial charge >= 0.3 is 0 Å². The Kier molecular flexibility index (Phi) is 3.05. The highest BCUT2D eigenvalue weighted by Crippen LogP contribution is 2.28. The van der Waals surface area contributed by atoms with E-state index in [2.05, 4.69) is 45.9 Å². The van der Waals surface area contributed by atoms with Gasteiger partial charge in [0.2, 0.25) is 5.95 Å². The van der Waals surface area contributed by atoms with Gasteiger partial charge in [0, 0.05) is 11.0 Å². The number of nitrogens with zero attached hydrogens (tertiary/aromatic N) is 4. The number of anilines is 1. The van der Waals surface area contributed by atoms with Crippen molar-refractivity contribution in [1.29, 1.82) is 0 Å². The van der Waals surface area contributed by atoms with Gasteiger partial charge in [0.25, 0.3) is 0 Å². The Labute approximate surface area is 125 Å². The number of benzene rings is 1. The highest BCUT2D eigenvalue weighted by Gasteiger charge is 2.18. The van der Waals surface area contributed by atoms with E-state index < -0.39 is 0 Å². The third-order valence-electron chi connectivity index (χ3n) is 3.44. The van der Waals surface area contributed by atoms with Crippen molar-refractivity contribution in [2.45, 2.75) is 27.3 Å². The molecule has 0 saturated heterocycles. The number of rotatable bonds is 2. The summed E-state index contributed by atoms with van der Waals surface area (Å²) in [4.78, 5) is 4.47. The SMILES string of the molecule is CCn1nc(C)c2nc(N)n(-c3ccc(Br)cc3C)c21. The van der Waals surface area contributed by atoms with Crippen LogP contribution in [0.4, 0.5) is 5.95 Å². The lowest BCUT2D eigenvalue weighted by atomic mass is 10.2. The number of imidazole rings is 1. The molecule has 0 atom stereocenters. The van der Waals surface area contributed by atoms with E-state index in [-0.39, 0.29) is 0 Å². The average Bonchev–Trinajstić information content (AvgIpc) is 2.88. The van der Waals surface area contributed by atoms with Gasteiger partial charge in [-0.2, -0.15) is 5.10 Å². The summed E-state index contributed by atoms with van der Waals surface area (Å²) in [5, 5.41) is 4.51. The highest BCUT2D eigenvalue weighted by atomic mass is 79.9. The van der Waals surface area contributed by atoms with Crippen LogP contribution in [-0.2, 0) is 6.54 Å². The lowest BCUT2D eigenvalue weighted by molar-refractivity contribution is 0.663. The smallest absolute Gasteiger partial charge is 0.207 e. The zero-order valence-corrected chi connectivity index (χ0v) is 13.3. The first-order chi connectivity index (χ1) is 9.52. The maximum absolute atomic E-state index is 6.13. The van der Waals surface area contributed by atoms with E-state index >= 15 is 0 Å². The summed E-state index contributed by atoms with van der Waals surface area (Å²) in [7, 11) is 0. The molecule has 0 amide bonds. The molecule has 0 fully saturated rings. The number of aryl methyl sites for hydroxylation is 3. The molecular weight excluding hydrogens is 318 g/mol. The Morgan fingerprint density at radius 3 is 2.70 bits per heavy atom. The van der Waals surface area contributed by atoms with Crippen molar-refractivity contribution in [2.24, 2.45) is 0 Å². The first kappa shape index (κ1) is 13.2. The molecule has 0 aliphatic heterocycles. The summed E-state index contributed by atoms with van der Waals surface area (Å²) >= 11 is 3.49. The summed E-state index contributed by atoms with van der Waals surface area (Å²) < 4.78 is 4.96. The standard InChI is InChI=1S/C14H16BrN5/c1-4-19-13-12(9(3)18-19)17-14(16)20(13)11-6-5-10(15)7-8(11)2/h5-7H,4H2,1-3H3,(H2,16,17). The number of hydrogen-bond donors (Lipinski definition) is 1. The fraction of sp³-hybridized carbons (Fsp3) is 0.286. The highest BCUT2D eigenvalue weighted by molar-refractivity contribution is 9.10. The van der Waals surface area contributed by atoms with Crippen LogP contribution < -0.4 is 5.73 Å². The molecule has 1 aromatic carbocycles. The van der Waals surface area contributed by atoms with Gasteiger partial charge in [-0.25, -0.2) is 9.67 Å². The lowest BCUT2D eigenvalue weighted by Crippen LogP contribution is -2.07. The maximum atomic E-state index is 6.13. The fourth-order valence-electron chi connectivity index (χ4n) is 2.51. The van der Waals surface area contributed by atoms with Crippen LogP contribution in [0.2, 0.25) is 0 Å². The minimum absolute atomic E-state index is 0.494. The summed E-state index contributed by atoms with van der Waals surface area (Å²) in [6.45, 7) is 6.86. The molecule has 2 aromatic heterocycles. The van der Waals surface area contributed by atoms with Crippen LogP contribution in [0, 0.1) is 13.8 Å². The molecule has 0 saturated carbocycles. The van der Waals surface area contributed by atoms with Crippen molar-refractivity contribution >= 4 is 33.0 Å². The third-order valence-corrected chi connectivity index (χ3v) is 3.93.